The minimum Gasteiger partial charge on any atom is -0.465 e. The number of carbonyl (C=O) groups is 1. The Labute approximate surface area is 135 Å². The van der Waals surface area contributed by atoms with E-state index in [0.29, 0.717) is 13.2 Å². The number of esters is 1. The maximum absolute atomic E-state index is 12.4. The first-order valence-electron chi connectivity index (χ1n) is 7.79. The molecule has 0 spiro atoms. The van der Waals surface area contributed by atoms with Gasteiger partial charge in [-0.15, -0.1) is 0 Å². The molecule has 2 aromatic carbocycles. The van der Waals surface area contributed by atoms with Crippen molar-refractivity contribution in [2.75, 3.05) is 6.61 Å². The predicted octanol–water partition coefficient (Wildman–Crippen LogP) is 3.56. The number of carbonyl (C=O) groups excluding carboxylic acids is 1. The SMILES string of the molecule is CCOC(=O)C(NCc1ccccc1)c1c[nH]c2ccccc12. The smallest absolute Gasteiger partial charge is 0.327 e. The van der Waals surface area contributed by atoms with E-state index in [9.17, 15) is 4.79 Å². The van der Waals surface area contributed by atoms with Crippen molar-refractivity contribution >= 4 is 16.9 Å². The lowest BCUT2D eigenvalue weighted by atomic mass is 10.1. The first-order valence-corrected chi connectivity index (χ1v) is 7.79. The van der Waals surface area contributed by atoms with Gasteiger partial charge in [0.2, 0.25) is 0 Å². The third kappa shape index (κ3) is 3.43. The van der Waals surface area contributed by atoms with Gasteiger partial charge in [-0.05, 0) is 18.6 Å². The van der Waals surface area contributed by atoms with E-state index in [1.54, 1.807) is 0 Å². The topological polar surface area (TPSA) is 54.1 Å². The molecular formula is C19H20N2O2. The Bertz CT molecular complexity index is 780. The molecule has 1 aromatic heterocycles. The van der Waals surface area contributed by atoms with Crippen LogP contribution in [-0.4, -0.2) is 17.6 Å². The molecule has 1 atom stereocenters. The fraction of sp³-hybridized carbons (Fsp3) is 0.211. The molecule has 0 aliphatic heterocycles. The average molecular weight is 308 g/mol. The van der Waals surface area contributed by atoms with Crippen LogP contribution < -0.4 is 5.32 Å². The number of hydrogen-bond acceptors (Lipinski definition) is 3. The summed E-state index contributed by atoms with van der Waals surface area (Å²) in [5.74, 6) is -0.256. The van der Waals surface area contributed by atoms with Crippen LogP contribution in [0, 0.1) is 0 Å². The zero-order valence-electron chi connectivity index (χ0n) is 13.1. The van der Waals surface area contributed by atoms with Gasteiger partial charge in [-0.25, -0.2) is 4.79 Å². The molecule has 0 saturated heterocycles. The molecule has 4 nitrogen and oxygen atoms in total. The number of para-hydroxylation sites is 1. The standard InChI is InChI=1S/C19H20N2O2/c1-2-23-19(22)18(21-12-14-8-4-3-5-9-14)16-13-20-17-11-7-6-10-15(16)17/h3-11,13,18,20-21H,2,12H2,1H3. The van der Waals surface area contributed by atoms with Crippen molar-refractivity contribution in [2.45, 2.75) is 19.5 Å². The molecule has 3 rings (SSSR count). The van der Waals surface area contributed by atoms with Gasteiger partial charge < -0.3 is 9.72 Å². The number of fused-ring (bicyclic) bond motifs is 1. The number of ether oxygens (including phenoxy) is 1. The fourth-order valence-corrected chi connectivity index (χ4v) is 2.69. The van der Waals surface area contributed by atoms with E-state index in [-0.39, 0.29) is 5.97 Å². The first-order chi connectivity index (χ1) is 11.3. The van der Waals surface area contributed by atoms with Gasteiger partial charge in [0.25, 0.3) is 0 Å². The normalized spacial score (nSPS) is 12.2. The van der Waals surface area contributed by atoms with Crippen molar-refractivity contribution in [3.05, 3.63) is 71.9 Å². The summed E-state index contributed by atoms with van der Waals surface area (Å²) < 4.78 is 5.25. The van der Waals surface area contributed by atoms with Crippen LogP contribution >= 0.6 is 0 Å². The van der Waals surface area contributed by atoms with E-state index >= 15 is 0 Å². The Morgan fingerprint density at radius 1 is 1.13 bits per heavy atom. The molecule has 0 fully saturated rings. The lowest BCUT2D eigenvalue weighted by Crippen LogP contribution is -2.29. The molecule has 0 aliphatic rings. The van der Waals surface area contributed by atoms with Crippen molar-refractivity contribution in [2.24, 2.45) is 0 Å². The van der Waals surface area contributed by atoms with Gasteiger partial charge >= 0.3 is 5.97 Å². The number of hydrogen-bond donors (Lipinski definition) is 2. The van der Waals surface area contributed by atoms with Crippen LogP contribution in [0.15, 0.2) is 60.8 Å². The molecule has 4 heteroatoms. The number of aromatic amines is 1. The minimum atomic E-state index is -0.494. The Kier molecular flexibility index (Phi) is 4.74. The summed E-state index contributed by atoms with van der Waals surface area (Å²) in [4.78, 5) is 15.6. The lowest BCUT2D eigenvalue weighted by molar-refractivity contribution is -0.145. The van der Waals surface area contributed by atoms with E-state index in [0.717, 1.165) is 22.0 Å². The van der Waals surface area contributed by atoms with Gasteiger partial charge in [0.1, 0.15) is 6.04 Å². The van der Waals surface area contributed by atoms with Crippen molar-refractivity contribution in [1.82, 2.24) is 10.3 Å². The molecule has 118 valence electrons. The van der Waals surface area contributed by atoms with Crippen molar-refractivity contribution in [3.63, 3.8) is 0 Å². The molecule has 0 radical (unpaired) electrons. The van der Waals surface area contributed by atoms with Crippen molar-refractivity contribution in [1.29, 1.82) is 0 Å². The average Bonchev–Trinajstić information content (AvgIpc) is 3.00. The first kappa shape index (κ1) is 15.3. The molecule has 1 unspecified atom stereocenters. The lowest BCUT2D eigenvalue weighted by Gasteiger charge is -2.17. The molecule has 0 bridgehead atoms. The van der Waals surface area contributed by atoms with E-state index in [2.05, 4.69) is 10.3 Å². The van der Waals surface area contributed by atoms with Crippen molar-refractivity contribution in [3.8, 4) is 0 Å². The minimum absolute atomic E-state index is 0.256. The van der Waals surface area contributed by atoms with Crippen molar-refractivity contribution < 1.29 is 9.53 Å². The predicted molar refractivity (Wildman–Crippen MR) is 91.0 cm³/mol. The second-order valence-electron chi connectivity index (χ2n) is 5.34. The zero-order chi connectivity index (χ0) is 16.1. The van der Waals surface area contributed by atoms with Gasteiger partial charge in [0.15, 0.2) is 0 Å². The summed E-state index contributed by atoms with van der Waals surface area (Å²) in [5, 5.41) is 4.35. The van der Waals surface area contributed by atoms with Gasteiger partial charge in [-0.3, -0.25) is 5.32 Å². The van der Waals surface area contributed by atoms with Gasteiger partial charge in [-0.1, -0.05) is 48.5 Å². The third-order valence-electron chi connectivity index (χ3n) is 3.81. The monoisotopic (exact) mass is 308 g/mol. The number of rotatable bonds is 6. The highest BCUT2D eigenvalue weighted by molar-refractivity contribution is 5.89. The van der Waals surface area contributed by atoms with Crippen LogP contribution in [-0.2, 0) is 16.1 Å². The van der Waals surface area contributed by atoms with E-state index in [4.69, 9.17) is 4.74 Å². The summed E-state index contributed by atoms with van der Waals surface area (Å²) in [6.07, 6.45) is 1.88. The second kappa shape index (κ2) is 7.11. The molecule has 0 aliphatic carbocycles. The van der Waals surface area contributed by atoms with Gasteiger partial charge in [-0.2, -0.15) is 0 Å². The summed E-state index contributed by atoms with van der Waals surface area (Å²) >= 11 is 0. The Balaban J connectivity index is 1.87. The summed E-state index contributed by atoms with van der Waals surface area (Å²) in [5.41, 5.74) is 3.05. The highest BCUT2D eigenvalue weighted by Gasteiger charge is 2.24. The third-order valence-corrected chi connectivity index (χ3v) is 3.81. The van der Waals surface area contributed by atoms with E-state index < -0.39 is 6.04 Å². The summed E-state index contributed by atoms with van der Waals surface area (Å²) in [7, 11) is 0. The second-order valence-corrected chi connectivity index (χ2v) is 5.34. The van der Waals surface area contributed by atoms with Gasteiger partial charge in [0, 0.05) is 29.2 Å². The highest BCUT2D eigenvalue weighted by Crippen LogP contribution is 2.25. The number of aromatic nitrogens is 1. The molecule has 1 heterocycles. The Morgan fingerprint density at radius 3 is 2.65 bits per heavy atom. The molecule has 0 amide bonds. The Morgan fingerprint density at radius 2 is 1.87 bits per heavy atom. The molecule has 3 aromatic rings. The summed E-state index contributed by atoms with van der Waals surface area (Å²) in [6, 6.07) is 17.5. The largest absolute Gasteiger partial charge is 0.465 e. The number of benzene rings is 2. The zero-order valence-corrected chi connectivity index (χ0v) is 13.1. The summed E-state index contributed by atoms with van der Waals surface area (Å²) in [6.45, 7) is 2.79. The maximum Gasteiger partial charge on any atom is 0.327 e. The molecule has 0 saturated carbocycles. The number of nitrogens with one attached hydrogen (secondary N) is 2. The van der Waals surface area contributed by atoms with E-state index in [1.807, 2.05) is 67.7 Å². The Hall–Kier alpha value is -2.59. The maximum atomic E-state index is 12.4. The van der Waals surface area contributed by atoms with Crippen LogP contribution in [0.3, 0.4) is 0 Å². The van der Waals surface area contributed by atoms with Crippen LogP contribution in [0.5, 0.6) is 0 Å². The van der Waals surface area contributed by atoms with Gasteiger partial charge in [0.05, 0.1) is 6.61 Å². The number of H-pyrrole nitrogens is 1. The van der Waals surface area contributed by atoms with Crippen LogP contribution in [0.1, 0.15) is 24.1 Å². The molecular weight excluding hydrogens is 288 g/mol. The van der Waals surface area contributed by atoms with Crippen LogP contribution in [0.25, 0.3) is 10.9 Å². The fourth-order valence-electron chi connectivity index (χ4n) is 2.69. The van der Waals surface area contributed by atoms with Crippen LogP contribution in [0.2, 0.25) is 0 Å². The quantitative estimate of drug-likeness (QED) is 0.685. The molecule has 2 N–H and O–H groups in total. The van der Waals surface area contributed by atoms with Crippen LogP contribution in [0.4, 0.5) is 0 Å². The highest BCUT2D eigenvalue weighted by atomic mass is 16.5. The molecule has 23 heavy (non-hydrogen) atoms. The van der Waals surface area contributed by atoms with E-state index in [1.165, 1.54) is 0 Å².